The van der Waals surface area contributed by atoms with Crippen molar-refractivity contribution in [2.45, 2.75) is 45.7 Å². The fourth-order valence-corrected chi connectivity index (χ4v) is 4.05. The van der Waals surface area contributed by atoms with Crippen LogP contribution in [-0.2, 0) is 13.0 Å². The smallest absolute Gasteiger partial charge is 0.160 e. The zero-order valence-electron chi connectivity index (χ0n) is 15.8. The van der Waals surface area contributed by atoms with Crippen molar-refractivity contribution in [2.75, 3.05) is 13.1 Å². The van der Waals surface area contributed by atoms with Crippen molar-refractivity contribution >= 4 is 11.2 Å². The molecule has 2 aromatic heterocycles. The van der Waals surface area contributed by atoms with Gasteiger partial charge in [-0.25, -0.2) is 9.97 Å². The average Bonchev–Trinajstić information content (AvgIpc) is 3.00. The summed E-state index contributed by atoms with van der Waals surface area (Å²) < 4.78 is 2.44. The Balaban J connectivity index is 1.52. The molecule has 26 heavy (non-hydrogen) atoms. The van der Waals surface area contributed by atoms with E-state index >= 15 is 0 Å². The van der Waals surface area contributed by atoms with Crippen LogP contribution in [0.1, 0.15) is 44.1 Å². The minimum absolute atomic E-state index is 0.510. The molecule has 0 radical (unpaired) electrons. The molecule has 0 atom stereocenters. The van der Waals surface area contributed by atoms with Crippen molar-refractivity contribution in [2.24, 2.45) is 5.92 Å². The molecule has 1 aliphatic heterocycles. The van der Waals surface area contributed by atoms with Gasteiger partial charge in [-0.15, -0.1) is 0 Å². The van der Waals surface area contributed by atoms with Crippen molar-refractivity contribution in [3.05, 3.63) is 60.0 Å². The average molecular weight is 348 g/mol. The second-order valence-corrected chi connectivity index (χ2v) is 7.84. The topological polar surface area (TPSA) is 34.0 Å². The Kier molecular flexibility index (Phi) is 5.02. The van der Waals surface area contributed by atoms with Gasteiger partial charge in [0.2, 0.25) is 0 Å². The number of benzene rings is 1. The van der Waals surface area contributed by atoms with Gasteiger partial charge in [-0.2, -0.15) is 0 Å². The molecule has 0 amide bonds. The third-order valence-corrected chi connectivity index (χ3v) is 5.28. The molecule has 1 fully saturated rings. The van der Waals surface area contributed by atoms with Crippen molar-refractivity contribution in [3.63, 3.8) is 0 Å². The summed E-state index contributed by atoms with van der Waals surface area (Å²) in [7, 11) is 0. The maximum atomic E-state index is 4.90. The number of nitrogens with zero attached hydrogens (tertiary/aromatic N) is 4. The first-order chi connectivity index (χ1) is 12.7. The van der Waals surface area contributed by atoms with Crippen molar-refractivity contribution in [3.8, 4) is 0 Å². The van der Waals surface area contributed by atoms with E-state index in [1.165, 1.54) is 24.2 Å². The number of hydrogen-bond donors (Lipinski definition) is 0. The first kappa shape index (κ1) is 17.2. The number of fused-ring (bicyclic) bond motifs is 1. The molecule has 1 saturated heterocycles. The SMILES string of the molecule is CC(C)Cc1nc2cccnc2n1C1CCN(Cc2ccccc2)CC1. The zero-order chi connectivity index (χ0) is 17.9. The highest BCUT2D eigenvalue weighted by molar-refractivity contribution is 5.71. The van der Waals surface area contributed by atoms with Crippen molar-refractivity contribution in [1.29, 1.82) is 0 Å². The number of pyridine rings is 1. The molecule has 136 valence electrons. The Morgan fingerprint density at radius 1 is 1.04 bits per heavy atom. The second kappa shape index (κ2) is 7.58. The lowest BCUT2D eigenvalue weighted by Gasteiger charge is -2.33. The molecule has 0 bridgehead atoms. The standard InChI is InChI=1S/C22H28N4/c1-17(2)15-21-24-20-9-6-12-23-22(20)26(21)19-10-13-25(14-11-19)16-18-7-4-3-5-8-18/h3-9,12,17,19H,10-11,13-16H2,1-2H3. The second-order valence-electron chi connectivity index (χ2n) is 7.84. The fourth-order valence-electron chi connectivity index (χ4n) is 4.05. The van der Waals surface area contributed by atoms with Gasteiger partial charge in [0, 0.05) is 38.3 Å². The van der Waals surface area contributed by atoms with Gasteiger partial charge in [-0.1, -0.05) is 44.2 Å². The van der Waals surface area contributed by atoms with Crippen LogP contribution in [-0.4, -0.2) is 32.5 Å². The summed E-state index contributed by atoms with van der Waals surface area (Å²) in [4.78, 5) is 12.1. The van der Waals surface area contributed by atoms with E-state index in [0.717, 1.165) is 37.2 Å². The van der Waals surface area contributed by atoms with E-state index < -0.39 is 0 Å². The van der Waals surface area contributed by atoms with Crippen LogP contribution in [0, 0.1) is 5.92 Å². The van der Waals surface area contributed by atoms with E-state index in [1.54, 1.807) is 0 Å². The summed E-state index contributed by atoms with van der Waals surface area (Å²) in [6, 6.07) is 15.4. The van der Waals surface area contributed by atoms with Crippen LogP contribution in [0.3, 0.4) is 0 Å². The van der Waals surface area contributed by atoms with Gasteiger partial charge in [-0.05, 0) is 36.5 Å². The summed E-state index contributed by atoms with van der Waals surface area (Å²) in [6.45, 7) is 7.84. The number of imidazole rings is 1. The molecule has 0 aliphatic carbocycles. The third kappa shape index (κ3) is 3.65. The Labute approximate surface area is 155 Å². The van der Waals surface area contributed by atoms with Gasteiger partial charge < -0.3 is 4.57 Å². The van der Waals surface area contributed by atoms with Gasteiger partial charge in [-0.3, -0.25) is 4.90 Å². The van der Waals surface area contributed by atoms with E-state index in [0.29, 0.717) is 12.0 Å². The lowest BCUT2D eigenvalue weighted by Crippen LogP contribution is -2.34. The molecule has 0 saturated carbocycles. The zero-order valence-corrected chi connectivity index (χ0v) is 15.8. The number of piperidine rings is 1. The lowest BCUT2D eigenvalue weighted by atomic mass is 10.0. The first-order valence-electron chi connectivity index (χ1n) is 9.79. The molecule has 1 aromatic carbocycles. The minimum Gasteiger partial charge on any atom is -0.309 e. The number of rotatable bonds is 5. The molecule has 4 heteroatoms. The lowest BCUT2D eigenvalue weighted by molar-refractivity contribution is 0.179. The number of likely N-dealkylation sites (tertiary alicyclic amines) is 1. The molecule has 0 N–H and O–H groups in total. The number of aromatic nitrogens is 3. The van der Waals surface area contributed by atoms with Crippen molar-refractivity contribution in [1.82, 2.24) is 19.4 Å². The third-order valence-electron chi connectivity index (χ3n) is 5.28. The van der Waals surface area contributed by atoms with E-state index in [9.17, 15) is 0 Å². The Morgan fingerprint density at radius 2 is 1.81 bits per heavy atom. The summed E-state index contributed by atoms with van der Waals surface area (Å²) in [5.74, 6) is 1.80. The molecule has 4 nitrogen and oxygen atoms in total. The number of hydrogen-bond acceptors (Lipinski definition) is 3. The Morgan fingerprint density at radius 3 is 2.54 bits per heavy atom. The van der Waals surface area contributed by atoms with Crippen LogP contribution in [0.4, 0.5) is 0 Å². The maximum absolute atomic E-state index is 4.90. The molecular formula is C22H28N4. The molecule has 1 aliphatic rings. The molecule has 4 rings (SSSR count). The largest absolute Gasteiger partial charge is 0.309 e. The highest BCUT2D eigenvalue weighted by atomic mass is 15.2. The summed E-state index contributed by atoms with van der Waals surface area (Å²) in [6.07, 6.45) is 5.24. The Bertz CT molecular complexity index is 845. The molecular weight excluding hydrogens is 320 g/mol. The van der Waals surface area contributed by atoms with Crippen LogP contribution in [0.25, 0.3) is 11.2 Å². The molecule has 0 spiro atoms. The molecule has 3 heterocycles. The van der Waals surface area contributed by atoms with Gasteiger partial charge >= 0.3 is 0 Å². The van der Waals surface area contributed by atoms with Gasteiger partial charge in [0.05, 0.1) is 0 Å². The first-order valence-corrected chi connectivity index (χ1v) is 9.79. The minimum atomic E-state index is 0.510. The summed E-state index contributed by atoms with van der Waals surface area (Å²) in [5.41, 5.74) is 3.50. The van der Waals surface area contributed by atoms with Gasteiger partial charge in [0.15, 0.2) is 5.65 Å². The molecule has 3 aromatic rings. The summed E-state index contributed by atoms with van der Waals surface area (Å²) >= 11 is 0. The van der Waals surface area contributed by atoms with Crippen LogP contribution in [0.15, 0.2) is 48.7 Å². The predicted octanol–water partition coefficient (Wildman–Crippen LogP) is 4.47. The normalized spacial score (nSPS) is 16.6. The predicted molar refractivity (Wildman–Crippen MR) is 106 cm³/mol. The Hall–Kier alpha value is -2.20. The van der Waals surface area contributed by atoms with E-state index in [4.69, 9.17) is 4.98 Å². The van der Waals surface area contributed by atoms with Crippen LogP contribution in [0.2, 0.25) is 0 Å². The van der Waals surface area contributed by atoms with Gasteiger partial charge in [0.25, 0.3) is 0 Å². The van der Waals surface area contributed by atoms with Crippen LogP contribution < -0.4 is 0 Å². The van der Waals surface area contributed by atoms with Gasteiger partial charge in [0.1, 0.15) is 11.3 Å². The quantitative estimate of drug-likeness (QED) is 0.682. The highest BCUT2D eigenvalue weighted by Crippen LogP contribution is 2.29. The van der Waals surface area contributed by atoms with E-state index in [1.807, 2.05) is 12.3 Å². The highest BCUT2D eigenvalue weighted by Gasteiger charge is 2.25. The molecule has 0 unspecified atom stereocenters. The fraction of sp³-hybridized carbons (Fsp3) is 0.455. The van der Waals surface area contributed by atoms with Crippen LogP contribution >= 0.6 is 0 Å². The maximum Gasteiger partial charge on any atom is 0.160 e. The monoisotopic (exact) mass is 348 g/mol. The van der Waals surface area contributed by atoms with Crippen molar-refractivity contribution < 1.29 is 0 Å². The van der Waals surface area contributed by atoms with E-state index in [-0.39, 0.29) is 0 Å². The summed E-state index contributed by atoms with van der Waals surface area (Å²) in [5, 5.41) is 0. The van der Waals surface area contributed by atoms with E-state index in [2.05, 4.69) is 64.7 Å². The van der Waals surface area contributed by atoms with Crippen LogP contribution in [0.5, 0.6) is 0 Å².